The van der Waals surface area contributed by atoms with E-state index in [-0.39, 0.29) is 5.38 Å². The van der Waals surface area contributed by atoms with Crippen LogP contribution < -0.4 is 0 Å². The summed E-state index contributed by atoms with van der Waals surface area (Å²) in [6, 6.07) is 0. The molecule has 0 amide bonds. The van der Waals surface area contributed by atoms with Crippen molar-refractivity contribution in [3.05, 3.63) is 16.4 Å². The second kappa shape index (κ2) is 5.81. The Hall–Kier alpha value is -0.250. The van der Waals surface area contributed by atoms with Crippen LogP contribution in [0.4, 0.5) is 0 Å². The van der Waals surface area contributed by atoms with Gasteiger partial charge in [0.15, 0.2) is 0 Å². The molecule has 1 aromatic heterocycles. The van der Waals surface area contributed by atoms with Gasteiger partial charge in [0.25, 0.3) is 0 Å². The molecule has 1 aliphatic heterocycles. The molecule has 3 nitrogen and oxygen atoms in total. The van der Waals surface area contributed by atoms with Crippen LogP contribution in [-0.4, -0.2) is 33.1 Å². The lowest BCUT2D eigenvalue weighted by Gasteiger charge is -2.33. The number of rotatable bonds is 3. The minimum Gasteiger partial charge on any atom is -0.299 e. The van der Waals surface area contributed by atoms with Gasteiger partial charge in [0, 0.05) is 24.5 Å². The van der Waals surface area contributed by atoms with Crippen LogP contribution in [-0.2, 0) is 13.6 Å². The lowest BCUT2D eigenvalue weighted by Crippen LogP contribution is -2.35. The van der Waals surface area contributed by atoms with Crippen molar-refractivity contribution >= 4 is 23.2 Å². The van der Waals surface area contributed by atoms with Crippen LogP contribution >= 0.6 is 23.2 Å². The highest BCUT2D eigenvalue weighted by Crippen LogP contribution is 2.27. The molecule has 1 atom stereocenters. The molecule has 1 aromatic rings. The van der Waals surface area contributed by atoms with E-state index in [9.17, 15) is 0 Å². The maximum absolute atomic E-state index is 6.27. The van der Waals surface area contributed by atoms with Gasteiger partial charge in [0.1, 0.15) is 5.15 Å². The van der Waals surface area contributed by atoms with Crippen LogP contribution in [0.15, 0.2) is 0 Å². The van der Waals surface area contributed by atoms with Gasteiger partial charge in [-0.15, -0.1) is 11.6 Å². The number of aromatic nitrogens is 2. The third-order valence-corrected chi connectivity index (χ3v) is 4.76. The summed E-state index contributed by atoms with van der Waals surface area (Å²) in [5.74, 6) is 0.661. The summed E-state index contributed by atoms with van der Waals surface area (Å²) >= 11 is 12.4. The molecule has 1 unspecified atom stereocenters. The smallest absolute Gasteiger partial charge is 0.131 e. The Labute approximate surface area is 119 Å². The second-order valence-electron chi connectivity index (χ2n) is 5.27. The minimum absolute atomic E-state index is 0.288. The van der Waals surface area contributed by atoms with Crippen molar-refractivity contribution in [3.8, 4) is 0 Å². The molecule has 1 saturated heterocycles. The molecular formula is C13H21Cl2N3. The number of hydrogen-bond acceptors (Lipinski definition) is 2. The first kappa shape index (κ1) is 14.2. The van der Waals surface area contributed by atoms with Gasteiger partial charge < -0.3 is 0 Å². The van der Waals surface area contributed by atoms with E-state index in [1.54, 1.807) is 4.68 Å². The van der Waals surface area contributed by atoms with Gasteiger partial charge in [-0.3, -0.25) is 9.58 Å². The van der Waals surface area contributed by atoms with Crippen molar-refractivity contribution < 1.29 is 0 Å². The number of nitrogens with zero attached hydrogens (tertiary/aromatic N) is 3. The average molecular weight is 290 g/mol. The molecule has 0 N–H and O–H groups in total. The Morgan fingerprint density at radius 3 is 2.44 bits per heavy atom. The molecule has 0 aliphatic carbocycles. The highest BCUT2D eigenvalue weighted by Gasteiger charge is 2.24. The number of alkyl halides is 1. The molecular weight excluding hydrogens is 269 g/mol. The summed E-state index contributed by atoms with van der Waals surface area (Å²) in [6.45, 7) is 7.24. The Bertz CT molecular complexity index is 407. The van der Waals surface area contributed by atoms with Gasteiger partial charge >= 0.3 is 0 Å². The first-order valence-corrected chi connectivity index (χ1v) is 7.35. The normalized spacial score (nSPS) is 20.3. The first-order valence-electron chi connectivity index (χ1n) is 6.53. The van der Waals surface area contributed by atoms with Crippen LogP contribution in [0.5, 0.6) is 0 Å². The van der Waals surface area contributed by atoms with Crippen molar-refractivity contribution in [2.75, 3.05) is 13.1 Å². The molecule has 2 heterocycles. The zero-order valence-electron chi connectivity index (χ0n) is 11.3. The van der Waals surface area contributed by atoms with Crippen LogP contribution in [0.25, 0.3) is 0 Å². The molecule has 1 fully saturated rings. The van der Waals surface area contributed by atoms with E-state index in [0.29, 0.717) is 5.92 Å². The summed E-state index contributed by atoms with van der Waals surface area (Å²) in [7, 11) is 1.89. The lowest BCUT2D eigenvalue weighted by molar-refractivity contribution is 0.176. The van der Waals surface area contributed by atoms with Crippen molar-refractivity contribution in [1.82, 2.24) is 14.7 Å². The summed E-state index contributed by atoms with van der Waals surface area (Å²) in [4.78, 5) is 2.45. The molecule has 2 rings (SSSR count). The molecule has 0 aromatic carbocycles. The summed E-state index contributed by atoms with van der Waals surface area (Å²) < 4.78 is 1.75. The van der Waals surface area contributed by atoms with Gasteiger partial charge in [0.2, 0.25) is 0 Å². The second-order valence-corrected chi connectivity index (χ2v) is 6.32. The number of hydrogen-bond donors (Lipinski definition) is 0. The molecule has 0 bridgehead atoms. The van der Waals surface area contributed by atoms with Crippen LogP contribution in [0.2, 0.25) is 5.15 Å². The largest absolute Gasteiger partial charge is 0.299 e. The zero-order valence-corrected chi connectivity index (χ0v) is 12.8. The Morgan fingerprint density at radius 1 is 1.39 bits per heavy atom. The third-order valence-electron chi connectivity index (χ3n) is 3.93. The van der Waals surface area contributed by atoms with Crippen molar-refractivity contribution in [2.24, 2.45) is 13.0 Å². The molecule has 0 saturated carbocycles. The topological polar surface area (TPSA) is 21.1 Å². The van der Waals surface area contributed by atoms with Crippen molar-refractivity contribution in [3.63, 3.8) is 0 Å². The predicted molar refractivity (Wildman–Crippen MR) is 76.3 cm³/mol. The maximum atomic E-state index is 6.27. The maximum Gasteiger partial charge on any atom is 0.131 e. The van der Waals surface area contributed by atoms with Gasteiger partial charge in [-0.05, 0) is 45.7 Å². The van der Waals surface area contributed by atoms with Crippen LogP contribution in [0.1, 0.15) is 31.0 Å². The monoisotopic (exact) mass is 289 g/mol. The van der Waals surface area contributed by atoms with Crippen molar-refractivity contribution in [1.29, 1.82) is 0 Å². The predicted octanol–water partition coefficient (Wildman–Crippen LogP) is 3.22. The van der Waals surface area contributed by atoms with Crippen LogP contribution in [0, 0.1) is 12.8 Å². The molecule has 18 heavy (non-hydrogen) atoms. The third kappa shape index (κ3) is 3.01. The zero-order chi connectivity index (χ0) is 13.3. The molecule has 0 spiro atoms. The van der Waals surface area contributed by atoms with Crippen LogP contribution in [0.3, 0.4) is 0 Å². The standard InChI is InChI=1S/C13H21Cl2N3/c1-9(14)11-4-6-18(7-5-11)8-12-10(2)16-17(3)13(12)15/h9,11H,4-8H2,1-3H3. The number of piperidine rings is 1. The SMILES string of the molecule is Cc1nn(C)c(Cl)c1CN1CCC(C(C)Cl)CC1. The van der Waals surface area contributed by atoms with E-state index in [0.717, 1.165) is 36.0 Å². The lowest BCUT2D eigenvalue weighted by atomic mass is 9.94. The number of halogens is 2. The van der Waals surface area contributed by atoms with E-state index in [1.807, 2.05) is 14.0 Å². The molecule has 1 aliphatic rings. The summed E-state index contributed by atoms with van der Waals surface area (Å²) in [6.07, 6.45) is 2.36. The summed E-state index contributed by atoms with van der Waals surface area (Å²) in [5, 5.41) is 5.41. The van der Waals surface area contributed by atoms with Gasteiger partial charge in [-0.25, -0.2) is 0 Å². The first-order chi connectivity index (χ1) is 8.49. The van der Waals surface area contributed by atoms with E-state index >= 15 is 0 Å². The van der Waals surface area contributed by atoms with E-state index in [1.165, 1.54) is 12.8 Å². The Balaban J connectivity index is 1.95. The van der Waals surface area contributed by atoms with Gasteiger partial charge in [0.05, 0.1) is 5.69 Å². The summed E-state index contributed by atoms with van der Waals surface area (Å²) in [5.41, 5.74) is 2.20. The van der Waals surface area contributed by atoms with Crippen molar-refractivity contribution in [2.45, 2.75) is 38.6 Å². The number of aryl methyl sites for hydroxylation is 2. The molecule has 102 valence electrons. The Kier molecular flexibility index (Phi) is 4.57. The fraction of sp³-hybridized carbons (Fsp3) is 0.769. The number of likely N-dealkylation sites (tertiary alicyclic amines) is 1. The van der Waals surface area contributed by atoms with E-state index in [4.69, 9.17) is 23.2 Å². The minimum atomic E-state index is 0.288. The highest BCUT2D eigenvalue weighted by atomic mass is 35.5. The highest BCUT2D eigenvalue weighted by molar-refractivity contribution is 6.30. The van der Waals surface area contributed by atoms with Gasteiger partial charge in [-0.2, -0.15) is 5.10 Å². The van der Waals surface area contributed by atoms with E-state index < -0.39 is 0 Å². The van der Waals surface area contributed by atoms with Gasteiger partial charge in [-0.1, -0.05) is 11.6 Å². The molecule has 5 heteroatoms. The fourth-order valence-electron chi connectivity index (χ4n) is 2.65. The quantitative estimate of drug-likeness (QED) is 0.797. The fourth-order valence-corrected chi connectivity index (χ4v) is 3.13. The molecule has 0 radical (unpaired) electrons. The average Bonchev–Trinajstić information content (AvgIpc) is 2.57. The van der Waals surface area contributed by atoms with E-state index in [2.05, 4.69) is 16.9 Å². The Morgan fingerprint density at radius 2 is 2.00 bits per heavy atom.